The highest BCUT2D eigenvalue weighted by atomic mass is 19.4. The number of ether oxygens (including phenoxy) is 2. The lowest BCUT2D eigenvalue weighted by molar-refractivity contribution is -0.153. The summed E-state index contributed by atoms with van der Waals surface area (Å²) < 4.78 is 63.8. The van der Waals surface area contributed by atoms with Crippen molar-refractivity contribution >= 4 is 11.9 Å². The maximum Gasteiger partial charge on any atom is 0.416 e. The van der Waals surface area contributed by atoms with Crippen molar-refractivity contribution in [2.45, 2.75) is 57.3 Å². The van der Waals surface area contributed by atoms with Crippen LogP contribution in [0.25, 0.3) is 0 Å². The third-order valence-electron chi connectivity index (χ3n) is 7.65. The molecule has 11 heteroatoms. The Labute approximate surface area is 240 Å². The molecule has 2 heterocycles. The first-order valence-corrected chi connectivity index (χ1v) is 13.6. The minimum atomic E-state index is -4.44. The van der Waals surface area contributed by atoms with Gasteiger partial charge in [-0.05, 0) is 73.9 Å². The fourth-order valence-corrected chi connectivity index (χ4v) is 5.39. The Kier molecular flexibility index (Phi) is 9.70. The topological polar surface area (TPSA) is 97.8 Å². The number of esters is 1. The molecule has 2 aromatic carbocycles. The van der Waals surface area contributed by atoms with E-state index in [-0.39, 0.29) is 35.5 Å². The molecule has 1 fully saturated rings. The number of cyclic esters (lactones) is 1. The minimum absolute atomic E-state index is 0.0514. The lowest BCUT2D eigenvalue weighted by Gasteiger charge is -2.31. The molecule has 1 aliphatic heterocycles. The van der Waals surface area contributed by atoms with Crippen LogP contribution in [0.1, 0.15) is 53.4 Å². The van der Waals surface area contributed by atoms with E-state index in [0.717, 1.165) is 17.7 Å². The van der Waals surface area contributed by atoms with Crippen LogP contribution in [0.2, 0.25) is 0 Å². The lowest BCUT2D eigenvalue weighted by atomic mass is 9.77. The summed E-state index contributed by atoms with van der Waals surface area (Å²) in [6.45, 7) is 1.74. The van der Waals surface area contributed by atoms with Gasteiger partial charge in [-0.25, -0.2) is 14.2 Å². The number of rotatable bonds is 7. The Morgan fingerprint density at radius 3 is 2.33 bits per heavy atom. The van der Waals surface area contributed by atoms with Crippen LogP contribution in [-0.2, 0) is 28.5 Å². The molecule has 0 bridgehead atoms. The van der Waals surface area contributed by atoms with Crippen molar-refractivity contribution in [1.82, 2.24) is 10.3 Å². The van der Waals surface area contributed by atoms with Crippen molar-refractivity contribution in [3.05, 3.63) is 89.0 Å². The molecule has 0 radical (unpaired) electrons. The maximum absolute atomic E-state index is 13.6. The zero-order valence-corrected chi connectivity index (χ0v) is 23.2. The summed E-state index contributed by atoms with van der Waals surface area (Å²) in [6.07, 6.45) is -1.59. The first-order chi connectivity index (χ1) is 20.0. The first-order valence-electron chi connectivity index (χ1n) is 13.6. The number of hydrogen-bond donors (Lipinski definition) is 2. The fourth-order valence-electron chi connectivity index (χ4n) is 5.39. The molecule has 4 atom stereocenters. The molecule has 224 valence electrons. The predicted molar refractivity (Wildman–Crippen MR) is 145 cm³/mol. The molecule has 1 aliphatic rings. The number of carbonyl (C=O) groups is 2. The summed E-state index contributed by atoms with van der Waals surface area (Å²) in [5.74, 6) is -2.58. The third kappa shape index (κ3) is 7.57. The van der Waals surface area contributed by atoms with E-state index in [2.05, 4.69) is 10.3 Å². The monoisotopic (exact) mass is 588 g/mol. The van der Waals surface area contributed by atoms with Gasteiger partial charge in [-0.2, -0.15) is 13.2 Å². The highest BCUT2D eigenvalue weighted by Gasteiger charge is 2.35. The van der Waals surface area contributed by atoms with E-state index in [1.54, 1.807) is 19.1 Å². The van der Waals surface area contributed by atoms with Crippen molar-refractivity contribution < 1.29 is 41.7 Å². The van der Waals surface area contributed by atoms with Crippen molar-refractivity contribution in [3.63, 3.8) is 0 Å². The number of hydrogen-bond acceptors (Lipinski definition) is 6. The number of nitrogens with one attached hydrogen (secondary N) is 1. The van der Waals surface area contributed by atoms with Crippen molar-refractivity contribution in [1.29, 1.82) is 0 Å². The normalized spacial score (nSPS) is 21.4. The number of aromatic hydroxyl groups is 1. The van der Waals surface area contributed by atoms with Crippen LogP contribution in [0, 0.1) is 17.7 Å². The quantitative estimate of drug-likeness (QED) is 0.264. The first kappa shape index (κ1) is 30.8. The van der Waals surface area contributed by atoms with Gasteiger partial charge in [0.05, 0.1) is 12.7 Å². The summed E-state index contributed by atoms with van der Waals surface area (Å²) in [5, 5.41) is 12.9. The van der Waals surface area contributed by atoms with Crippen LogP contribution in [0.4, 0.5) is 17.6 Å². The Morgan fingerprint density at radius 2 is 1.69 bits per heavy atom. The van der Waals surface area contributed by atoms with E-state index in [1.165, 1.54) is 43.6 Å². The number of amides is 1. The molecule has 1 aromatic heterocycles. The standard InChI is InChI=1S/C31H32F4N2O5/c1-18-24(17-20-8-12-23(32)13-9-20)21(16-19-6-10-22(11-7-19)31(33,34)35)4-3-5-25(30(40)42-18)37-29(39)27-28(38)26(41-2)14-15-36-27/h6-15,18,21,24-25,38H,3-5,16-17H2,1-2H3,(H,37,39)/t18-,21+,24-,25-/m0/s1. The van der Waals surface area contributed by atoms with Crippen molar-refractivity contribution in [2.75, 3.05) is 7.11 Å². The molecule has 7 nitrogen and oxygen atoms in total. The second-order valence-corrected chi connectivity index (χ2v) is 10.5. The SMILES string of the molecule is COc1ccnc(C(=O)N[C@H]2CCC[C@H](Cc3ccc(C(F)(F)F)cc3)[C@@H](Cc3ccc(F)cc3)[C@H](C)OC2=O)c1O. The van der Waals surface area contributed by atoms with E-state index in [1.807, 2.05) is 0 Å². The number of methoxy groups -OCH3 is 1. The maximum atomic E-state index is 13.6. The largest absolute Gasteiger partial charge is 0.503 e. The Hall–Kier alpha value is -4.15. The van der Waals surface area contributed by atoms with Crippen LogP contribution in [-0.4, -0.2) is 41.2 Å². The van der Waals surface area contributed by atoms with Crippen molar-refractivity contribution in [3.8, 4) is 11.5 Å². The van der Waals surface area contributed by atoms with E-state index in [4.69, 9.17) is 9.47 Å². The molecule has 0 aliphatic carbocycles. The Balaban J connectivity index is 1.57. The molecule has 4 rings (SSSR count). The summed E-state index contributed by atoms with van der Waals surface area (Å²) in [6, 6.07) is 11.4. The van der Waals surface area contributed by atoms with E-state index in [9.17, 15) is 32.3 Å². The highest BCUT2D eigenvalue weighted by Crippen LogP contribution is 2.34. The highest BCUT2D eigenvalue weighted by molar-refractivity contribution is 5.97. The fraction of sp³-hybridized carbons (Fsp3) is 0.387. The summed E-state index contributed by atoms with van der Waals surface area (Å²) in [4.78, 5) is 30.1. The lowest BCUT2D eigenvalue weighted by Crippen LogP contribution is -2.43. The molecule has 0 spiro atoms. The number of halogens is 4. The second kappa shape index (κ2) is 13.2. The van der Waals surface area contributed by atoms with Gasteiger partial charge in [-0.1, -0.05) is 30.7 Å². The molecule has 0 saturated carbocycles. The average Bonchev–Trinajstić information content (AvgIpc) is 2.99. The summed E-state index contributed by atoms with van der Waals surface area (Å²) >= 11 is 0. The van der Waals surface area contributed by atoms with E-state index < -0.39 is 41.5 Å². The van der Waals surface area contributed by atoms with E-state index in [0.29, 0.717) is 31.2 Å². The van der Waals surface area contributed by atoms with Crippen LogP contribution in [0.15, 0.2) is 60.8 Å². The molecular weight excluding hydrogens is 556 g/mol. The molecule has 3 aromatic rings. The number of alkyl halides is 3. The van der Waals surface area contributed by atoms with Gasteiger partial charge in [0, 0.05) is 18.2 Å². The van der Waals surface area contributed by atoms with Crippen LogP contribution < -0.4 is 10.1 Å². The van der Waals surface area contributed by atoms with Crippen LogP contribution in [0.5, 0.6) is 11.5 Å². The number of benzene rings is 2. The molecule has 1 amide bonds. The van der Waals surface area contributed by atoms with Gasteiger partial charge in [-0.15, -0.1) is 0 Å². The summed E-state index contributed by atoms with van der Waals surface area (Å²) in [5.41, 5.74) is 0.496. The zero-order valence-electron chi connectivity index (χ0n) is 23.2. The van der Waals surface area contributed by atoms with Crippen LogP contribution in [0.3, 0.4) is 0 Å². The van der Waals surface area contributed by atoms with Gasteiger partial charge in [0.1, 0.15) is 18.0 Å². The smallest absolute Gasteiger partial charge is 0.416 e. The van der Waals surface area contributed by atoms with Gasteiger partial charge in [0.25, 0.3) is 5.91 Å². The summed E-state index contributed by atoms with van der Waals surface area (Å²) in [7, 11) is 1.33. The predicted octanol–water partition coefficient (Wildman–Crippen LogP) is 5.89. The molecule has 1 saturated heterocycles. The van der Waals surface area contributed by atoms with Gasteiger partial charge in [0.2, 0.25) is 0 Å². The molecule has 42 heavy (non-hydrogen) atoms. The number of nitrogens with zero attached hydrogens (tertiary/aromatic N) is 1. The van der Waals surface area contributed by atoms with Gasteiger partial charge in [-0.3, -0.25) is 4.79 Å². The molecule has 2 N–H and O–H groups in total. The molecule has 0 unspecified atom stereocenters. The van der Waals surface area contributed by atoms with E-state index >= 15 is 0 Å². The number of pyridine rings is 1. The van der Waals surface area contributed by atoms with Crippen LogP contribution >= 0.6 is 0 Å². The minimum Gasteiger partial charge on any atom is -0.503 e. The van der Waals surface area contributed by atoms with Gasteiger partial charge in [0.15, 0.2) is 17.2 Å². The second-order valence-electron chi connectivity index (χ2n) is 10.5. The third-order valence-corrected chi connectivity index (χ3v) is 7.65. The molecular formula is C31H32F4N2O5. The average molecular weight is 589 g/mol. The number of aromatic nitrogens is 1. The number of carbonyl (C=O) groups excluding carboxylic acids is 2. The zero-order chi connectivity index (χ0) is 30.4. The van der Waals surface area contributed by atoms with Crippen molar-refractivity contribution in [2.24, 2.45) is 11.8 Å². The van der Waals surface area contributed by atoms with Gasteiger partial charge >= 0.3 is 12.1 Å². The Bertz CT molecular complexity index is 1380. The van der Waals surface area contributed by atoms with Gasteiger partial charge < -0.3 is 19.9 Å². The Morgan fingerprint density at radius 1 is 1.05 bits per heavy atom.